The van der Waals surface area contributed by atoms with Gasteiger partial charge in [-0.25, -0.2) is 19.3 Å². The van der Waals surface area contributed by atoms with Crippen LogP contribution in [0.25, 0.3) is 0 Å². The number of thioether (sulfide) groups is 1. The summed E-state index contributed by atoms with van der Waals surface area (Å²) >= 11 is 0.887. The molecule has 1 aromatic heterocycles. The van der Waals surface area contributed by atoms with Crippen molar-refractivity contribution in [2.75, 3.05) is 10.2 Å². The fourth-order valence-corrected chi connectivity index (χ4v) is 4.21. The van der Waals surface area contributed by atoms with Crippen LogP contribution < -0.4 is 15.3 Å². The molecule has 0 fully saturated rings. The Morgan fingerprint density at radius 2 is 1.64 bits per heavy atom. The van der Waals surface area contributed by atoms with Gasteiger partial charge in [0.1, 0.15) is 16.4 Å². The summed E-state index contributed by atoms with van der Waals surface area (Å²) in [7, 11) is 0. The van der Waals surface area contributed by atoms with Crippen LogP contribution in [0.1, 0.15) is 21.7 Å². The van der Waals surface area contributed by atoms with E-state index in [1.807, 2.05) is 0 Å². The molecule has 3 aromatic rings. The van der Waals surface area contributed by atoms with E-state index in [9.17, 15) is 23.9 Å². The van der Waals surface area contributed by atoms with Crippen molar-refractivity contribution in [3.63, 3.8) is 0 Å². The van der Waals surface area contributed by atoms with Crippen LogP contribution in [-0.4, -0.2) is 27.8 Å². The van der Waals surface area contributed by atoms with Crippen molar-refractivity contribution in [1.82, 2.24) is 9.97 Å². The van der Waals surface area contributed by atoms with Gasteiger partial charge >= 0.3 is 0 Å². The Morgan fingerprint density at radius 1 is 1.00 bits per heavy atom. The van der Waals surface area contributed by atoms with Gasteiger partial charge in [-0.3, -0.25) is 9.59 Å². The largest absolute Gasteiger partial charge is 0.545 e. The van der Waals surface area contributed by atoms with Crippen molar-refractivity contribution < 1.29 is 23.9 Å². The molecule has 1 aliphatic rings. The van der Waals surface area contributed by atoms with Gasteiger partial charge in [-0.05, 0) is 61.5 Å². The van der Waals surface area contributed by atoms with E-state index in [1.54, 1.807) is 19.9 Å². The average molecular weight is 463 g/mol. The average Bonchev–Trinajstić information content (AvgIpc) is 2.98. The molecule has 4 rings (SSSR count). The Balaban J connectivity index is 1.76. The van der Waals surface area contributed by atoms with E-state index in [-0.39, 0.29) is 27.0 Å². The Hall–Kier alpha value is -4.05. The fourth-order valence-electron chi connectivity index (χ4n) is 3.23. The SMILES string of the molecule is Cc1cc(C)nc(SC2=C(Nc3ccc(C(=O)[O-])cc3)C(=O)N(c3ccccc3F)C2=O)n1. The molecule has 0 saturated carbocycles. The number of aromatic carboxylic acids is 1. The Labute approximate surface area is 192 Å². The van der Waals surface area contributed by atoms with Crippen LogP contribution in [0.5, 0.6) is 0 Å². The number of rotatable bonds is 6. The number of halogens is 1. The molecule has 1 aliphatic heterocycles. The lowest BCUT2D eigenvalue weighted by molar-refractivity contribution is -0.255. The molecule has 2 aromatic carbocycles. The van der Waals surface area contributed by atoms with Crippen molar-refractivity contribution in [2.45, 2.75) is 19.0 Å². The zero-order valence-corrected chi connectivity index (χ0v) is 18.3. The molecule has 0 aliphatic carbocycles. The van der Waals surface area contributed by atoms with Crippen molar-refractivity contribution in [3.8, 4) is 0 Å². The Morgan fingerprint density at radius 3 is 2.24 bits per heavy atom. The third-order valence-electron chi connectivity index (χ3n) is 4.68. The number of para-hydroxylation sites is 1. The van der Waals surface area contributed by atoms with Crippen molar-refractivity contribution in [3.05, 3.63) is 88.0 Å². The van der Waals surface area contributed by atoms with Crippen LogP contribution in [-0.2, 0) is 9.59 Å². The molecule has 2 heterocycles. The molecule has 166 valence electrons. The van der Waals surface area contributed by atoms with E-state index in [4.69, 9.17) is 0 Å². The number of nitrogens with one attached hydrogen (secondary N) is 1. The predicted molar refractivity (Wildman–Crippen MR) is 118 cm³/mol. The van der Waals surface area contributed by atoms with Crippen LogP contribution in [0.15, 0.2) is 70.4 Å². The van der Waals surface area contributed by atoms with Gasteiger partial charge in [-0.2, -0.15) is 0 Å². The minimum atomic E-state index is -1.35. The topological polar surface area (TPSA) is 115 Å². The standard InChI is InChI=1S/C23H17FN4O4S/c1-12-11-13(2)26-23(25-12)33-19-18(27-15-9-7-14(8-10-15)22(31)32)20(29)28(21(19)30)17-6-4-3-5-16(17)24/h3-11,27H,1-2H3,(H,31,32)/p-1. The van der Waals surface area contributed by atoms with E-state index in [2.05, 4.69) is 15.3 Å². The molecule has 0 radical (unpaired) electrons. The number of imide groups is 1. The highest BCUT2D eigenvalue weighted by atomic mass is 32.2. The summed E-state index contributed by atoms with van der Waals surface area (Å²) in [5, 5.41) is 14.1. The quantitative estimate of drug-likeness (QED) is 0.438. The first-order valence-electron chi connectivity index (χ1n) is 9.71. The molecule has 0 unspecified atom stereocenters. The molecule has 0 spiro atoms. The van der Waals surface area contributed by atoms with Gasteiger partial charge < -0.3 is 15.2 Å². The third-order valence-corrected chi connectivity index (χ3v) is 5.63. The van der Waals surface area contributed by atoms with Crippen molar-refractivity contribution in [2.24, 2.45) is 0 Å². The maximum atomic E-state index is 14.4. The summed E-state index contributed by atoms with van der Waals surface area (Å²) in [4.78, 5) is 46.8. The van der Waals surface area contributed by atoms with Gasteiger partial charge in [0.05, 0.1) is 11.7 Å². The zero-order chi connectivity index (χ0) is 23.7. The molecule has 33 heavy (non-hydrogen) atoms. The van der Waals surface area contributed by atoms with Crippen LogP contribution in [0, 0.1) is 19.7 Å². The minimum absolute atomic E-state index is 0.0165. The monoisotopic (exact) mass is 463 g/mol. The van der Waals surface area contributed by atoms with E-state index in [1.165, 1.54) is 42.5 Å². The lowest BCUT2D eigenvalue weighted by Gasteiger charge is -2.16. The predicted octanol–water partition coefficient (Wildman–Crippen LogP) is 2.59. The number of benzene rings is 2. The normalized spacial score (nSPS) is 13.6. The molecule has 8 nitrogen and oxygen atoms in total. The molecule has 1 N–H and O–H groups in total. The lowest BCUT2D eigenvalue weighted by Crippen LogP contribution is -2.33. The number of carbonyl (C=O) groups is 3. The van der Waals surface area contributed by atoms with Gasteiger partial charge in [0.15, 0.2) is 5.16 Å². The molecule has 0 saturated heterocycles. The first-order chi connectivity index (χ1) is 15.7. The van der Waals surface area contributed by atoms with Crippen molar-refractivity contribution >= 4 is 40.9 Å². The lowest BCUT2D eigenvalue weighted by atomic mass is 10.2. The minimum Gasteiger partial charge on any atom is -0.545 e. The third kappa shape index (κ3) is 4.46. The Kier molecular flexibility index (Phi) is 5.93. The number of anilines is 2. The summed E-state index contributed by atoms with van der Waals surface area (Å²) in [6, 6.07) is 12.7. The molecule has 0 atom stereocenters. The molecule has 2 amide bonds. The van der Waals surface area contributed by atoms with E-state index in [0.29, 0.717) is 17.1 Å². The summed E-state index contributed by atoms with van der Waals surface area (Å²) in [6.45, 7) is 3.55. The first-order valence-corrected chi connectivity index (χ1v) is 10.5. The summed E-state index contributed by atoms with van der Waals surface area (Å²) in [5.41, 5.74) is 1.38. The number of hydrogen-bond donors (Lipinski definition) is 1. The van der Waals surface area contributed by atoms with Crippen LogP contribution >= 0.6 is 11.8 Å². The zero-order valence-electron chi connectivity index (χ0n) is 17.5. The second-order valence-corrected chi connectivity index (χ2v) is 8.10. The van der Waals surface area contributed by atoms with Crippen molar-refractivity contribution in [1.29, 1.82) is 0 Å². The highest BCUT2D eigenvalue weighted by Crippen LogP contribution is 2.37. The Bertz CT molecular complexity index is 1300. The van der Waals surface area contributed by atoms with E-state index >= 15 is 0 Å². The van der Waals surface area contributed by atoms with Gasteiger partial charge in [0.25, 0.3) is 11.8 Å². The number of carboxylic acid groups (broad SMARTS) is 1. The number of amides is 2. The smallest absolute Gasteiger partial charge is 0.283 e. The number of hydrogen-bond acceptors (Lipinski definition) is 8. The molecular weight excluding hydrogens is 447 g/mol. The van der Waals surface area contributed by atoms with Crippen LogP contribution in [0.4, 0.5) is 15.8 Å². The van der Waals surface area contributed by atoms with Gasteiger partial charge in [0.2, 0.25) is 0 Å². The van der Waals surface area contributed by atoms with Crippen LogP contribution in [0.3, 0.4) is 0 Å². The van der Waals surface area contributed by atoms with E-state index < -0.39 is 23.6 Å². The summed E-state index contributed by atoms with van der Waals surface area (Å²) < 4.78 is 14.4. The van der Waals surface area contributed by atoms with Gasteiger partial charge in [-0.15, -0.1) is 0 Å². The fraction of sp³-hybridized carbons (Fsp3) is 0.0870. The number of aryl methyl sites for hydroxylation is 2. The molecule has 10 heteroatoms. The summed E-state index contributed by atoms with van der Waals surface area (Å²) in [6.07, 6.45) is 0. The number of carboxylic acids is 1. The number of aromatic nitrogens is 2. The number of nitrogens with zero attached hydrogens (tertiary/aromatic N) is 3. The second-order valence-electron chi connectivity index (χ2n) is 7.13. The van der Waals surface area contributed by atoms with Gasteiger partial charge in [0, 0.05) is 17.1 Å². The van der Waals surface area contributed by atoms with Crippen LogP contribution in [0.2, 0.25) is 0 Å². The molecular formula is C23H16FN4O4S-. The summed E-state index contributed by atoms with van der Waals surface area (Å²) in [5.74, 6) is -3.57. The number of carbonyl (C=O) groups excluding carboxylic acids is 3. The highest BCUT2D eigenvalue weighted by molar-refractivity contribution is 8.04. The maximum absolute atomic E-state index is 14.4. The second kappa shape index (κ2) is 8.83. The maximum Gasteiger partial charge on any atom is 0.283 e. The highest BCUT2D eigenvalue weighted by Gasteiger charge is 2.41. The molecule has 0 bridgehead atoms. The first kappa shape index (κ1) is 22.2. The van der Waals surface area contributed by atoms with Gasteiger partial charge in [-0.1, -0.05) is 24.3 Å². The van der Waals surface area contributed by atoms with E-state index in [0.717, 1.165) is 22.7 Å².